The van der Waals surface area contributed by atoms with Crippen molar-refractivity contribution in [2.24, 2.45) is 0 Å². The van der Waals surface area contributed by atoms with Gasteiger partial charge in [0.1, 0.15) is 5.75 Å². The van der Waals surface area contributed by atoms with Gasteiger partial charge >= 0.3 is 0 Å². The van der Waals surface area contributed by atoms with E-state index in [0.717, 1.165) is 18.6 Å². The summed E-state index contributed by atoms with van der Waals surface area (Å²) in [6, 6.07) is 4.19. The molecule has 106 valence electrons. The average molecular weight is 264 g/mol. The molecule has 1 N–H and O–H groups in total. The Bertz CT molecular complexity index is 442. The van der Waals surface area contributed by atoms with Crippen molar-refractivity contribution >= 4 is 5.91 Å². The van der Waals surface area contributed by atoms with E-state index in [0.29, 0.717) is 6.42 Å². The van der Waals surface area contributed by atoms with Gasteiger partial charge < -0.3 is 4.74 Å². The molecular weight excluding hydrogens is 240 g/mol. The molecule has 0 spiro atoms. The summed E-state index contributed by atoms with van der Waals surface area (Å²) in [4.78, 5) is 11.6. The maximum atomic E-state index is 11.6. The number of hydrogen-bond donors (Lipinski definition) is 1. The van der Waals surface area contributed by atoms with E-state index in [-0.39, 0.29) is 5.91 Å². The van der Waals surface area contributed by atoms with Crippen LogP contribution in [0.4, 0.5) is 0 Å². The van der Waals surface area contributed by atoms with Gasteiger partial charge in [-0.05, 0) is 49.4 Å². The number of aryl methyl sites for hydroxylation is 2. The Morgan fingerprint density at radius 2 is 2.00 bits per heavy atom. The maximum Gasteiger partial charge on any atom is 0.234 e. The van der Waals surface area contributed by atoms with E-state index in [1.807, 2.05) is 20.2 Å². The van der Waals surface area contributed by atoms with Gasteiger partial charge in [0, 0.05) is 20.5 Å². The van der Waals surface area contributed by atoms with Crippen LogP contribution in [-0.4, -0.2) is 32.1 Å². The van der Waals surface area contributed by atoms with Crippen LogP contribution >= 0.6 is 0 Å². The number of nitrogens with one attached hydrogen (secondary N) is 1. The van der Waals surface area contributed by atoms with Gasteiger partial charge in [-0.15, -0.1) is 0 Å². The summed E-state index contributed by atoms with van der Waals surface area (Å²) in [6.07, 6.45) is 2.20. The first-order chi connectivity index (χ1) is 8.93. The van der Waals surface area contributed by atoms with Crippen molar-refractivity contribution in [3.8, 4) is 5.75 Å². The second-order valence-corrected chi connectivity index (χ2v) is 5.05. The Morgan fingerprint density at radius 1 is 1.32 bits per heavy atom. The topological polar surface area (TPSA) is 41.6 Å². The number of benzene rings is 1. The molecule has 4 heteroatoms. The average Bonchev–Trinajstić information content (AvgIpc) is 2.30. The highest BCUT2D eigenvalue weighted by atomic mass is 16.5. The van der Waals surface area contributed by atoms with Crippen molar-refractivity contribution < 1.29 is 9.53 Å². The molecule has 1 aromatic carbocycles. The number of hydrogen-bond acceptors (Lipinski definition) is 3. The zero-order valence-electron chi connectivity index (χ0n) is 12.5. The second-order valence-electron chi connectivity index (χ2n) is 5.05. The quantitative estimate of drug-likeness (QED) is 0.801. The summed E-state index contributed by atoms with van der Waals surface area (Å²) >= 11 is 0. The SMILES string of the molecule is COc1cc(C)cc(C)c1CCCC(=O)NN(C)C. The van der Waals surface area contributed by atoms with Gasteiger partial charge in [-0.3, -0.25) is 10.2 Å². The highest BCUT2D eigenvalue weighted by molar-refractivity contribution is 5.75. The standard InChI is InChI=1S/C15H24N2O2/c1-11-9-12(2)13(14(10-11)19-5)7-6-8-15(18)16-17(3)4/h9-10H,6-8H2,1-5H3,(H,16,18). The third kappa shape index (κ3) is 4.91. The third-order valence-electron chi connectivity index (χ3n) is 2.98. The molecule has 1 aromatic rings. The molecule has 19 heavy (non-hydrogen) atoms. The Morgan fingerprint density at radius 3 is 2.58 bits per heavy atom. The number of hydrazine groups is 1. The summed E-state index contributed by atoms with van der Waals surface area (Å²) in [6.45, 7) is 4.15. The number of nitrogens with zero attached hydrogens (tertiary/aromatic N) is 1. The Hall–Kier alpha value is -1.55. The summed E-state index contributed by atoms with van der Waals surface area (Å²) in [5.41, 5.74) is 6.37. The molecule has 1 amide bonds. The first-order valence-corrected chi connectivity index (χ1v) is 6.55. The Kier molecular flexibility index (Phi) is 5.83. The van der Waals surface area contributed by atoms with E-state index < -0.39 is 0 Å². The van der Waals surface area contributed by atoms with Gasteiger partial charge in [-0.1, -0.05) is 6.07 Å². The van der Waals surface area contributed by atoms with Gasteiger partial charge in [-0.25, -0.2) is 5.01 Å². The lowest BCUT2D eigenvalue weighted by atomic mass is 9.99. The molecule has 0 heterocycles. The van der Waals surface area contributed by atoms with E-state index >= 15 is 0 Å². The molecule has 0 fully saturated rings. The van der Waals surface area contributed by atoms with E-state index in [2.05, 4.69) is 25.3 Å². The molecule has 0 atom stereocenters. The molecule has 1 rings (SSSR count). The van der Waals surface area contributed by atoms with Crippen molar-refractivity contribution in [1.82, 2.24) is 10.4 Å². The van der Waals surface area contributed by atoms with Gasteiger partial charge in [0.15, 0.2) is 0 Å². The molecule has 0 aliphatic heterocycles. The Balaban J connectivity index is 2.60. The molecule has 0 saturated carbocycles. The van der Waals surface area contributed by atoms with Crippen LogP contribution in [0, 0.1) is 13.8 Å². The minimum atomic E-state index is 0.0498. The van der Waals surface area contributed by atoms with Crippen LogP contribution < -0.4 is 10.2 Å². The lowest BCUT2D eigenvalue weighted by molar-refractivity contribution is -0.124. The van der Waals surface area contributed by atoms with Crippen LogP contribution in [-0.2, 0) is 11.2 Å². The van der Waals surface area contributed by atoms with E-state index in [1.54, 1.807) is 12.1 Å². The number of carbonyl (C=O) groups is 1. The van der Waals surface area contributed by atoms with E-state index in [4.69, 9.17) is 4.74 Å². The van der Waals surface area contributed by atoms with E-state index in [1.165, 1.54) is 16.7 Å². The van der Waals surface area contributed by atoms with Crippen LogP contribution in [0.1, 0.15) is 29.5 Å². The van der Waals surface area contributed by atoms with Crippen LogP contribution in [0.5, 0.6) is 5.75 Å². The lowest BCUT2D eigenvalue weighted by Gasteiger charge is -2.14. The van der Waals surface area contributed by atoms with E-state index in [9.17, 15) is 4.79 Å². The molecular formula is C15H24N2O2. The number of carbonyl (C=O) groups excluding carboxylic acids is 1. The molecule has 0 bridgehead atoms. The first-order valence-electron chi connectivity index (χ1n) is 6.55. The fraction of sp³-hybridized carbons (Fsp3) is 0.533. The van der Waals surface area contributed by atoms with Crippen molar-refractivity contribution in [2.45, 2.75) is 33.1 Å². The van der Waals surface area contributed by atoms with Crippen molar-refractivity contribution in [1.29, 1.82) is 0 Å². The normalized spacial score (nSPS) is 10.6. The highest BCUT2D eigenvalue weighted by Crippen LogP contribution is 2.25. The van der Waals surface area contributed by atoms with Crippen molar-refractivity contribution in [3.05, 3.63) is 28.8 Å². The van der Waals surface area contributed by atoms with Crippen molar-refractivity contribution in [2.75, 3.05) is 21.2 Å². The number of rotatable bonds is 6. The maximum absolute atomic E-state index is 11.6. The van der Waals surface area contributed by atoms with Crippen LogP contribution in [0.15, 0.2) is 12.1 Å². The summed E-state index contributed by atoms with van der Waals surface area (Å²) in [7, 11) is 5.31. The zero-order valence-corrected chi connectivity index (χ0v) is 12.5. The third-order valence-corrected chi connectivity index (χ3v) is 2.98. The molecule has 0 aliphatic carbocycles. The zero-order chi connectivity index (χ0) is 14.4. The largest absolute Gasteiger partial charge is 0.496 e. The van der Waals surface area contributed by atoms with Gasteiger partial charge in [-0.2, -0.15) is 0 Å². The first kappa shape index (κ1) is 15.5. The van der Waals surface area contributed by atoms with Gasteiger partial charge in [0.05, 0.1) is 7.11 Å². The molecule has 0 aliphatic rings. The number of ether oxygens (including phenoxy) is 1. The predicted octanol–water partition coefficient (Wildman–Crippen LogP) is 2.23. The highest BCUT2D eigenvalue weighted by Gasteiger charge is 2.09. The predicted molar refractivity (Wildman–Crippen MR) is 77.2 cm³/mol. The Labute approximate surface area is 115 Å². The minimum Gasteiger partial charge on any atom is -0.496 e. The monoisotopic (exact) mass is 264 g/mol. The fourth-order valence-corrected chi connectivity index (χ4v) is 2.19. The van der Waals surface area contributed by atoms with Gasteiger partial charge in [0.25, 0.3) is 0 Å². The summed E-state index contributed by atoms with van der Waals surface area (Å²) in [5.74, 6) is 0.972. The molecule has 0 radical (unpaired) electrons. The number of amides is 1. The second kappa shape index (κ2) is 7.14. The van der Waals surface area contributed by atoms with Crippen molar-refractivity contribution in [3.63, 3.8) is 0 Å². The fourth-order valence-electron chi connectivity index (χ4n) is 2.19. The molecule has 0 unspecified atom stereocenters. The smallest absolute Gasteiger partial charge is 0.234 e. The molecule has 4 nitrogen and oxygen atoms in total. The summed E-state index contributed by atoms with van der Waals surface area (Å²) < 4.78 is 5.42. The molecule has 0 saturated heterocycles. The lowest BCUT2D eigenvalue weighted by Crippen LogP contribution is -2.35. The minimum absolute atomic E-state index is 0.0498. The molecule has 0 aromatic heterocycles. The van der Waals surface area contributed by atoms with Crippen LogP contribution in [0.3, 0.4) is 0 Å². The van der Waals surface area contributed by atoms with Gasteiger partial charge in [0.2, 0.25) is 5.91 Å². The number of methoxy groups -OCH3 is 1. The van der Waals surface area contributed by atoms with Crippen LogP contribution in [0.2, 0.25) is 0 Å². The van der Waals surface area contributed by atoms with Crippen LogP contribution in [0.25, 0.3) is 0 Å². The summed E-state index contributed by atoms with van der Waals surface area (Å²) in [5, 5.41) is 1.67.